The summed E-state index contributed by atoms with van der Waals surface area (Å²) in [5, 5.41) is 0.451. The molecule has 0 amide bonds. The van der Waals surface area contributed by atoms with Gasteiger partial charge in [-0.3, -0.25) is 0 Å². The van der Waals surface area contributed by atoms with Gasteiger partial charge in [-0.25, -0.2) is 4.39 Å². The molecule has 100 valence electrons. The second-order valence-electron chi connectivity index (χ2n) is 5.89. The van der Waals surface area contributed by atoms with E-state index < -0.39 is 18.3 Å². The molecule has 0 unspecified atom stereocenters. The number of fused-ring (bicyclic) bond motifs is 1. The maximum atomic E-state index is 14.4. The largest absolute Gasteiger partial charge is 0.497 e. The molecule has 2 aromatic rings. The Bertz CT molecular complexity index is 617. The standard InChI is InChI=1S/C14H16BFO3/c1-13(2)14(3,4)19-15(18-13)10-5-6-11-9(12(10)16)7-8-17-11/h5-8H,1-4H3. The van der Waals surface area contributed by atoms with Crippen LogP contribution in [0, 0.1) is 5.82 Å². The predicted molar refractivity (Wildman–Crippen MR) is 71.9 cm³/mol. The van der Waals surface area contributed by atoms with Crippen molar-refractivity contribution in [2.45, 2.75) is 38.9 Å². The molecule has 0 spiro atoms. The Hall–Kier alpha value is -1.33. The number of furan rings is 1. The lowest BCUT2D eigenvalue weighted by Crippen LogP contribution is -2.41. The van der Waals surface area contributed by atoms with Gasteiger partial charge in [-0.15, -0.1) is 0 Å². The molecule has 0 aliphatic carbocycles. The van der Waals surface area contributed by atoms with Gasteiger partial charge in [0.1, 0.15) is 11.4 Å². The molecule has 3 nitrogen and oxygen atoms in total. The van der Waals surface area contributed by atoms with Crippen molar-refractivity contribution in [3.63, 3.8) is 0 Å². The zero-order chi connectivity index (χ0) is 13.8. The summed E-state index contributed by atoms with van der Waals surface area (Å²) in [6.07, 6.45) is 1.47. The number of benzene rings is 1. The second-order valence-corrected chi connectivity index (χ2v) is 5.89. The predicted octanol–water partition coefficient (Wildman–Crippen LogP) is 2.87. The minimum absolute atomic E-state index is 0.343. The Labute approximate surface area is 111 Å². The van der Waals surface area contributed by atoms with Gasteiger partial charge in [0.25, 0.3) is 0 Å². The summed E-state index contributed by atoms with van der Waals surface area (Å²) in [5.74, 6) is -0.343. The number of halogens is 1. The Morgan fingerprint density at radius 2 is 1.63 bits per heavy atom. The molecule has 1 aliphatic rings. The van der Waals surface area contributed by atoms with Crippen LogP contribution in [-0.4, -0.2) is 18.3 Å². The quantitative estimate of drug-likeness (QED) is 0.740. The lowest BCUT2D eigenvalue weighted by Gasteiger charge is -2.32. The van der Waals surface area contributed by atoms with E-state index in [1.165, 1.54) is 6.26 Å². The van der Waals surface area contributed by atoms with E-state index in [4.69, 9.17) is 13.7 Å². The summed E-state index contributed by atoms with van der Waals surface area (Å²) in [6, 6.07) is 5.00. The topological polar surface area (TPSA) is 31.6 Å². The van der Waals surface area contributed by atoms with Gasteiger partial charge >= 0.3 is 7.12 Å². The van der Waals surface area contributed by atoms with E-state index in [1.54, 1.807) is 18.2 Å². The minimum atomic E-state index is -0.690. The van der Waals surface area contributed by atoms with Crippen LogP contribution in [0.25, 0.3) is 11.0 Å². The highest BCUT2D eigenvalue weighted by Crippen LogP contribution is 2.37. The van der Waals surface area contributed by atoms with Crippen LogP contribution in [-0.2, 0) is 9.31 Å². The Kier molecular flexibility index (Phi) is 2.56. The van der Waals surface area contributed by atoms with Crippen molar-refractivity contribution >= 4 is 23.6 Å². The summed E-state index contributed by atoms with van der Waals surface area (Å²) in [4.78, 5) is 0. The van der Waals surface area contributed by atoms with E-state index in [0.717, 1.165) is 0 Å². The van der Waals surface area contributed by atoms with E-state index in [1.807, 2.05) is 27.7 Å². The van der Waals surface area contributed by atoms with Gasteiger partial charge in [0.05, 0.1) is 22.9 Å². The molecule has 0 bridgehead atoms. The van der Waals surface area contributed by atoms with Crippen LogP contribution in [0.5, 0.6) is 0 Å². The molecule has 1 saturated heterocycles. The van der Waals surface area contributed by atoms with Gasteiger partial charge in [0, 0.05) is 5.46 Å². The SMILES string of the molecule is CC1(C)OB(c2ccc3occc3c2F)OC1(C)C. The van der Waals surface area contributed by atoms with Crippen molar-refractivity contribution in [2.24, 2.45) is 0 Å². The summed E-state index contributed by atoms with van der Waals surface area (Å²) in [6.45, 7) is 7.78. The third kappa shape index (κ3) is 1.80. The first-order valence-electron chi connectivity index (χ1n) is 6.33. The molecule has 2 heterocycles. The fraction of sp³-hybridized carbons (Fsp3) is 0.429. The van der Waals surface area contributed by atoms with Gasteiger partial charge in [-0.2, -0.15) is 0 Å². The summed E-state index contributed by atoms with van der Waals surface area (Å²) in [5.41, 5.74) is -0.0180. The molecule has 1 aliphatic heterocycles. The number of hydrogen-bond acceptors (Lipinski definition) is 3. The van der Waals surface area contributed by atoms with Crippen LogP contribution in [0.15, 0.2) is 28.9 Å². The first kappa shape index (κ1) is 12.7. The zero-order valence-electron chi connectivity index (χ0n) is 11.5. The van der Waals surface area contributed by atoms with Crippen LogP contribution in [0.4, 0.5) is 4.39 Å². The number of hydrogen-bond donors (Lipinski definition) is 0. The van der Waals surface area contributed by atoms with Crippen LogP contribution in [0.3, 0.4) is 0 Å². The van der Waals surface area contributed by atoms with Gasteiger partial charge < -0.3 is 13.7 Å². The van der Waals surface area contributed by atoms with Gasteiger partial charge in [-0.1, -0.05) is 6.07 Å². The van der Waals surface area contributed by atoms with Crippen molar-refractivity contribution in [1.29, 1.82) is 0 Å². The van der Waals surface area contributed by atoms with Crippen LogP contribution >= 0.6 is 0 Å². The smallest absolute Gasteiger partial charge is 0.464 e. The highest BCUT2D eigenvalue weighted by molar-refractivity contribution is 6.62. The van der Waals surface area contributed by atoms with Crippen molar-refractivity contribution in [1.82, 2.24) is 0 Å². The van der Waals surface area contributed by atoms with E-state index >= 15 is 0 Å². The minimum Gasteiger partial charge on any atom is -0.464 e. The first-order chi connectivity index (χ1) is 8.82. The summed E-state index contributed by atoms with van der Waals surface area (Å²) < 4.78 is 31.3. The molecule has 3 rings (SSSR count). The molecular weight excluding hydrogens is 246 g/mol. The zero-order valence-corrected chi connectivity index (χ0v) is 11.5. The third-order valence-corrected chi connectivity index (χ3v) is 4.11. The third-order valence-electron chi connectivity index (χ3n) is 4.11. The highest BCUT2D eigenvalue weighted by Gasteiger charge is 2.52. The Morgan fingerprint density at radius 1 is 1.00 bits per heavy atom. The summed E-state index contributed by atoms with van der Waals surface area (Å²) in [7, 11) is -0.690. The van der Waals surface area contributed by atoms with E-state index in [2.05, 4.69) is 0 Å². The van der Waals surface area contributed by atoms with Crippen molar-refractivity contribution in [2.75, 3.05) is 0 Å². The van der Waals surface area contributed by atoms with Gasteiger partial charge in [-0.05, 0) is 39.8 Å². The highest BCUT2D eigenvalue weighted by atomic mass is 19.1. The molecule has 0 radical (unpaired) electrons. The maximum absolute atomic E-state index is 14.4. The average Bonchev–Trinajstić information content (AvgIpc) is 2.83. The van der Waals surface area contributed by atoms with E-state index in [0.29, 0.717) is 16.4 Å². The van der Waals surface area contributed by atoms with Gasteiger partial charge in [0.2, 0.25) is 0 Å². The summed E-state index contributed by atoms with van der Waals surface area (Å²) >= 11 is 0. The Morgan fingerprint density at radius 3 is 2.26 bits per heavy atom. The lowest BCUT2D eigenvalue weighted by atomic mass is 9.78. The van der Waals surface area contributed by atoms with Crippen molar-refractivity contribution in [3.8, 4) is 0 Å². The molecule has 1 aromatic heterocycles. The average molecular weight is 262 g/mol. The molecule has 1 aromatic carbocycles. The Balaban J connectivity index is 2.04. The molecule has 0 N–H and O–H groups in total. The number of rotatable bonds is 1. The molecule has 5 heteroatoms. The van der Waals surface area contributed by atoms with Crippen LogP contribution < -0.4 is 5.46 Å². The van der Waals surface area contributed by atoms with Crippen LogP contribution in [0.2, 0.25) is 0 Å². The van der Waals surface area contributed by atoms with Crippen LogP contribution in [0.1, 0.15) is 27.7 Å². The molecular formula is C14H16BFO3. The maximum Gasteiger partial charge on any atom is 0.497 e. The first-order valence-corrected chi connectivity index (χ1v) is 6.33. The van der Waals surface area contributed by atoms with Gasteiger partial charge in [0.15, 0.2) is 0 Å². The molecule has 0 atom stereocenters. The fourth-order valence-electron chi connectivity index (χ4n) is 2.18. The fourth-order valence-corrected chi connectivity index (χ4v) is 2.18. The van der Waals surface area contributed by atoms with E-state index in [9.17, 15) is 4.39 Å². The molecule has 0 saturated carbocycles. The monoisotopic (exact) mass is 262 g/mol. The van der Waals surface area contributed by atoms with E-state index in [-0.39, 0.29) is 5.82 Å². The molecule has 1 fully saturated rings. The second kappa shape index (κ2) is 3.84. The lowest BCUT2D eigenvalue weighted by molar-refractivity contribution is 0.00578. The van der Waals surface area contributed by atoms with Crippen molar-refractivity contribution in [3.05, 3.63) is 30.3 Å². The normalized spacial score (nSPS) is 21.2. The molecule has 19 heavy (non-hydrogen) atoms. The van der Waals surface area contributed by atoms with Crippen molar-refractivity contribution < 1.29 is 18.1 Å².